The molecule has 0 saturated heterocycles. The van der Waals surface area contributed by atoms with E-state index in [4.69, 9.17) is 4.74 Å². The second-order valence-electron chi connectivity index (χ2n) is 8.05. The van der Waals surface area contributed by atoms with Gasteiger partial charge < -0.3 is 9.84 Å². The molecule has 0 amide bonds. The van der Waals surface area contributed by atoms with E-state index in [-0.39, 0.29) is 5.78 Å². The molecule has 39 heavy (non-hydrogen) atoms. The van der Waals surface area contributed by atoms with Gasteiger partial charge in [-0.25, -0.2) is 0 Å². The zero-order chi connectivity index (χ0) is 28.3. The van der Waals surface area contributed by atoms with Gasteiger partial charge in [0.25, 0.3) is 0 Å². The monoisotopic (exact) mass is 520 g/mol. The lowest BCUT2D eigenvalue weighted by Crippen LogP contribution is -2.14. The van der Waals surface area contributed by atoms with E-state index in [1.807, 2.05) is 24.3 Å². The molecular formula is C34H32O5. The molecule has 5 heteroatoms. The second-order valence-corrected chi connectivity index (χ2v) is 8.05. The van der Waals surface area contributed by atoms with Crippen LogP contribution in [0.2, 0.25) is 0 Å². The molecule has 0 aromatic heterocycles. The summed E-state index contributed by atoms with van der Waals surface area (Å²) in [6.07, 6.45) is 2.34. The molecule has 4 rings (SSSR count). The summed E-state index contributed by atoms with van der Waals surface area (Å²) in [6.45, 7) is 8.18. The summed E-state index contributed by atoms with van der Waals surface area (Å²) >= 11 is 0. The van der Waals surface area contributed by atoms with E-state index in [2.05, 4.69) is 13.2 Å². The van der Waals surface area contributed by atoms with E-state index >= 15 is 0 Å². The SMILES string of the molecule is C=CCOCC=C.O=C(C(=O)c1ccccc1)c1ccccc1.O=C(c1ccccc1)C(O)c1ccccc1. The maximum Gasteiger partial charge on any atom is 0.233 e. The molecule has 0 aliphatic heterocycles. The van der Waals surface area contributed by atoms with Crippen molar-refractivity contribution in [2.75, 3.05) is 13.2 Å². The lowest BCUT2D eigenvalue weighted by atomic mass is 10.0. The third-order valence-corrected chi connectivity index (χ3v) is 5.17. The van der Waals surface area contributed by atoms with Gasteiger partial charge in [-0.3, -0.25) is 14.4 Å². The Hall–Kier alpha value is -4.71. The molecule has 0 heterocycles. The number of rotatable bonds is 10. The molecule has 0 bridgehead atoms. The highest BCUT2D eigenvalue weighted by Crippen LogP contribution is 2.17. The Morgan fingerprint density at radius 2 is 0.923 bits per heavy atom. The molecule has 4 aromatic rings. The van der Waals surface area contributed by atoms with Gasteiger partial charge in [0.15, 0.2) is 5.78 Å². The summed E-state index contributed by atoms with van der Waals surface area (Å²) in [5.74, 6) is -1.20. The first-order valence-corrected chi connectivity index (χ1v) is 12.3. The Balaban J connectivity index is 0.000000222. The van der Waals surface area contributed by atoms with Gasteiger partial charge in [-0.2, -0.15) is 0 Å². The fraction of sp³-hybridized carbons (Fsp3) is 0.0882. The molecule has 0 aliphatic carbocycles. The zero-order valence-corrected chi connectivity index (χ0v) is 21.7. The van der Waals surface area contributed by atoms with Crippen molar-refractivity contribution < 1.29 is 24.2 Å². The largest absolute Gasteiger partial charge is 0.380 e. The number of carbonyl (C=O) groups is 3. The smallest absolute Gasteiger partial charge is 0.233 e. The minimum atomic E-state index is -1.08. The van der Waals surface area contributed by atoms with Crippen LogP contribution in [0.15, 0.2) is 147 Å². The number of hydrogen-bond donors (Lipinski definition) is 1. The summed E-state index contributed by atoms with van der Waals surface area (Å²) in [5, 5.41) is 9.89. The molecule has 0 radical (unpaired) electrons. The maximum atomic E-state index is 11.9. The summed E-state index contributed by atoms with van der Waals surface area (Å²) in [4.78, 5) is 35.5. The number of aliphatic hydroxyl groups is 1. The predicted molar refractivity (Wildman–Crippen MR) is 155 cm³/mol. The average Bonchev–Trinajstić information content (AvgIpc) is 3.02. The van der Waals surface area contributed by atoms with Crippen LogP contribution in [0.25, 0.3) is 0 Å². The third-order valence-electron chi connectivity index (χ3n) is 5.17. The van der Waals surface area contributed by atoms with Crippen molar-refractivity contribution in [3.05, 3.63) is 169 Å². The quantitative estimate of drug-likeness (QED) is 0.109. The van der Waals surface area contributed by atoms with Gasteiger partial charge in [0.2, 0.25) is 11.6 Å². The Kier molecular flexibility index (Phi) is 13.8. The minimum absolute atomic E-state index is 0.271. The molecule has 198 valence electrons. The lowest BCUT2D eigenvalue weighted by Gasteiger charge is -2.09. The lowest BCUT2D eigenvalue weighted by molar-refractivity contribution is 0.0747. The highest BCUT2D eigenvalue weighted by atomic mass is 16.5. The Labute approximate surface area is 229 Å². The number of hydrogen-bond acceptors (Lipinski definition) is 5. The van der Waals surface area contributed by atoms with Crippen molar-refractivity contribution >= 4 is 17.3 Å². The van der Waals surface area contributed by atoms with Gasteiger partial charge in [-0.15, -0.1) is 13.2 Å². The fourth-order valence-electron chi connectivity index (χ4n) is 3.22. The Morgan fingerprint density at radius 1 is 0.590 bits per heavy atom. The number of ether oxygens (including phenoxy) is 1. The van der Waals surface area contributed by atoms with Crippen LogP contribution in [0.5, 0.6) is 0 Å². The molecule has 1 unspecified atom stereocenters. The normalized spacial score (nSPS) is 10.4. The summed E-state index contributed by atoms with van der Waals surface area (Å²) in [6, 6.07) is 34.9. The number of benzene rings is 4. The van der Waals surface area contributed by atoms with Crippen LogP contribution in [-0.2, 0) is 4.74 Å². The number of aliphatic hydroxyl groups excluding tert-OH is 1. The highest BCUT2D eigenvalue weighted by molar-refractivity contribution is 6.49. The predicted octanol–water partition coefficient (Wildman–Crippen LogP) is 6.73. The van der Waals surface area contributed by atoms with E-state index < -0.39 is 17.7 Å². The summed E-state index contributed by atoms with van der Waals surface area (Å²) in [7, 11) is 0. The minimum Gasteiger partial charge on any atom is -0.380 e. The van der Waals surface area contributed by atoms with E-state index in [0.717, 1.165) is 0 Å². The van der Waals surface area contributed by atoms with Crippen molar-refractivity contribution in [1.82, 2.24) is 0 Å². The van der Waals surface area contributed by atoms with E-state index in [9.17, 15) is 19.5 Å². The van der Waals surface area contributed by atoms with Crippen LogP contribution in [0.1, 0.15) is 42.7 Å². The average molecular weight is 521 g/mol. The van der Waals surface area contributed by atoms with E-state index in [1.165, 1.54) is 0 Å². The number of Topliss-reactive ketones (excluding diaryl/α,β-unsaturated/α-hetero) is 3. The molecule has 1 N–H and O–H groups in total. The molecule has 0 fully saturated rings. The van der Waals surface area contributed by atoms with Gasteiger partial charge in [0, 0.05) is 16.7 Å². The van der Waals surface area contributed by atoms with Crippen LogP contribution in [0.4, 0.5) is 0 Å². The van der Waals surface area contributed by atoms with Crippen molar-refractivity contribution in [3.63, 3.8) is 0 Å². The van der Waals surface area contributed by atoms with Crippen molar-refractivity contribution in [2.45, 2.75) is 6.10 Å². The standard InChI is InChI=1S/C14H12O2.C14H10O2.C6H10O/c2*15-13(11-7-3-1-4-8-11)14(16)12-9-5-2-6-10-12;1-3-5-7-6-4-2/h1-10,13,15H;1-10H;3-4H,1-2,5-6H2. The third kappa shape index (κ3) is 10.7. The summed E-state index contributed by atoms with van der Waals surface area (Å²) in [5.41, 5.74) is 2.00. The Bertz CT molecular complexity index is 1240. The van der Waals surface area contributed by atoms with Crippen LogP contribution in [0.3, 0.4) is 0 Å². The maximum absolute atomic E-state index is 11.9. The molecule has 1 atom stereocenters. The van der Waals surface area contributed by atoms with E-state index in [1.54, 1.807) is 109 Å². The number of carbonyl (C=O) groups excluding carboxylic acids is 3. The van der Waals surface area contributed by atoms with Crippen molar-refractivity contribution in [2.24, 2.45) is 0 Å². The van der Waals surface area contributed by atoms with Crippen molar-refractivity contribution in [3.8, 4) is 0 Å². The van der Waals surface area contributed by atoms with Gasteiger partial charge >= 0.3 is 0 Å². The Morgan fingerprint density at radius 3 is 1.28 bits per heavy atom. The fourth-order valence-corrected chi connectivity index (χ4v) is 3.22. The van der Waals surface area contributed by atoms with Crippen LogP contribution in [0, 0.1) is 0 Å². The second kappa shape index (κ2) is 17.7. The van der Waals surface area contributed by atoms with Crippen molar-refractivity contribution in [1.29, 1.82) is 0 Å². The van der Waals surface area contributed by atoms with Crippen LogP contribution >= 0.6 is 0 Å². The summed E-state index contributed by atoms with van der Waals surface area (Å²) < 4.78 is 4.90. The molecule has 0 saturated carbocycles. The van der Waals surface area contributed by atoms with Gasteiger partial charge in [-0.1, -0.05) is 133 Å². The van der Waals surface area contributed by atoms with Gasteiger partial charge in [-0.05, 0) is 5.56 Å². The first-order chi connectivity index (χ1) is 19.0. The molecule has 0 aliphatic rings. The van der Waals surface area contributed by atoms with Crippen LogP contribution in [-0.4, -0.2) is 35.7 Å². The molecular weight excluding hydrogens is 488 g/mol. The van der Waals surface area contributed by atoms with Crippen LogP contribution < -0.4 is 0 Å². The van der Waals surface area contributed by atoms with E-state index in [0.29, 0.717) is 35.5 Å². The van der Waals surface area contributed by atoms with Gasteiger partial charge in [0.1, 0.15) is 6.10 Å². The molecule has 0 spiro atoms. The number of ketones is 3. The highest BCUT2D eigenvalue weighted by Gasteiger charge is 2.18. The molecule has 5 nitrogen and oxygen atoms in total. The zero-order valence-electron chi connectivity index (χ0n) is 21.7. The van der Waals surface area contributed by atoms with Gasteiger partial charge in [0.05, 0.1) is 13.2 Å². The topological polar surface area (TPSA) is 80.7 Å². The first kappa shape index (κ1) is 30.5. The molecule has 4 aromatic carbocycles. The first-order valence-electron chi connectivity index (χ1n) is 12.3.